The first kappa shape index (κ1) is 16.3. The maximum atomic E-state index is 13.1. The van der Waals surface area contributed by atoms with Crippen molar-refractivity contribution in [2.24, 2.45) is 0 Å². The van der Waals surface area contributed by atoms with Crippen LogP contribution in [0.15, 0.2) is 24.3 Å². The number of halogens is 3. The van der Waals surface area contributed by atoms with Crippen LogP contribution in [0, 0.1) is 0 Å². The summed E-state index contributed by atoms with van der Waals surface area (Å²) in [5.74, 6) is 0.528. The zero-order chi connectivity index (χ0) is 15.3. The van der Waals surface area contributed by atoms with Crippen LogP contribution in [0.3, 0.4) is 0 Å². The Bertz CT molecular complexity index is 419. The summed E-state index contributed by atoms with van der Waals surface area (Å²) in [6.07, 6.45) is 2.51. The third-order valence-electron chi connectivity index (χ3n) is 4.27. The quantitative estimate of drug-likeness (QED) is 0.774. The molecule has 1 saturated carbocycles. The summed E-state index contributed by atoms with van der Waals surface area (Å²) >= 11 is 0. The first-order valence-corrected chi connectivity index (χ1v) is 7.92. The zero-order valence-corrected chi connectivity index (χ0v) is 12.5. The molecule has 1 N–H and O–H groups in total. The van der Waals surface area contributed by atoms with Crippen molar-refractivity contribution < 1.29 is 13.2 Å². The lowest BCUT2D eigenvalue weighted by Crippen LogP contribution is -2.34. The molecule has 4 heteroatoms. The molecule has 0 amide bonds. The largest absolute Gasteiger partial charge is 0.407 e. The summed E-state index contributed by atoms with van der Waals surface area (Å²) in [6, 6.07) is 5.50. The molecule has 21 heavy (non-hydrogen) atoms. The van der Waals surface area contributed by atoms with Crippen LogP contribution in [0.4, 0.5) is 13.2 Å². The predicted octanol–water partition coefficient (Wildman–Crippen LogP) is 5.34. The Balaban J connectivity index is 2.11. The van der Waals surface area contributed by atoms with Crippen LogP contribution in [-0.4, -0.2) is 12.7 Å². The van der Waals surface area contributed by atoms with Gasteiger partial charge >= 0.3 is 6.18 Å². The zero-order valence-electron chi connectivity index (χ0n) is 12.5. The fraction of sp³-hybridized carbons (Fsp3) is 0.647. The lowest BCUT2D eigenvalue weighted by atomic mass is 9.83. The Morgan fingerprint density at radius 2 is 1.71 bits per heavy atom. The minimum Gasteiger partial charge on any atom is -0.302 e. The second-order valence-corrected chi connectivity index (χ2v) is 5.93. The van der Waals surface area contributed by atoms with E-state index in [1.54, 1.807) is 12.1 Å². The lowest BCUT2D eigenvalue weighted by molar-refractivity contribution is -0.157. The van der Waals surface area contributed by atoms with E-state index in [0.29, 0.717) is 24.4 Å². The number of nitrogens with one attached hydrogen (secondary N) is 1. The molecule has 0 radical (unpaired) electrons. The Kier molecular flexibility index (Phi) is 5.68. The highest BCUT2D eigenvalue weighted by Crippen LogP contribution is 2.36. The molecule has 1 aliphatic carbocycles. The van der Waals surface area contributed by atoms with Crippen LogP contribution in [0.25, 0.3) is 0 Å². The van der Waals surface area contributed by atoms with Gasteiger partial charge in [0.2, 0.25) is 0 Å². The number of benzene rings is 1. The molecule has 0 aromatic heterocycles. The summed E-state index contributed by atoms with van der Waals surface area (Å²) in [5, 5.41) is 2.60. The number of hydrogen-bond acceptors (Lipinski definition) is 1. The maximum absolute atomic E-state index is 13.1. The molecule has 1 aromatic carbocycles. The SMILES string of the molecule is CCCNC(c1ccc(C2CCCCC2)cc1)C(F)(F)F. The lowest BCUT2D eigenvalue weighted by Gasteiger charge is -2.24. The van der Waals surface area contributed by atoms with Crippen molar-refractivity contribution in [2.45, 2.75) is 63.6 Å². The average Bonchev–Trinajstić information content (AvgIpc) is 2.48. The highest BCUT2D eigenvalue weighted by molar-refractivity contribution is 5.28. The van der Waals surface area contributed by atoms with Crippen LogP contribution in [0.5, 0.6) is 0 Å². The Labute approximate surface area is 124 Å². The van der Waals surface area contributed by atoms with Crippen molar-refractivity contribution in [1.82, 2.24) is 5.32 Å². The van der Waals surface area contributed by atoms with Gasteiger partial charge in [-0.1, -0.05) is 50.5 Å². The van der Waals surface area contributed by atoms with Crippen molar-refractivity contribution in [2.75, 3.05) is 6.54 Å². The molecule has 0 heterocycles. The first-order chi connectivity index (χ1) is 10.0. The number of alkyl halides is 3. The van der Waals surface area contributed by atoms with E-state index in [2.05, 4.69) is 5.32 Å². The van der Waals surface area contributed by atoms with Gasteiger partial charge in [-0.2, -0.15) is 13.2 Å². The van der Waals surface area contributed by atoms with Gasteiger partial charge in [-0.3, -0.25) is 0 Å². The van der Waals surface area contributed by atoms with Gasteiger partial charge in [-0.15, -0.1) is 0 Å². The van der Waals surface area contributed by atoms with E-state index in [1.165, 1.54) is 24.8 Å². The van der Waals surface area contributed by atoms with Crippen LogP contribution in [0.1, 0.15) is 68.5 Å². The molecule has 2 rings (SSSR count). The van der Waals surface area contributed by atoms with E-state index < -0.39 is 12.2 Å². The molecule has 1 fully saturated rings. The Hall–Kier alpha value is -1.03. The molecule has 1 unspecified atom stereocenters. The van der Waals surface area contributed by atoms with Gasteiger partial charge in [-0.05, 0) is 42.9 Å². The molecule has 1 aliphatic rings. The third kappa shape index (κ3) is 4.47. The van der Waals surface area contributed by atoms with Gasteiger partial charge in [0.15, 0.2) is 0 Å². The molecule has 1 aromatic rings. The van der Waals surface area contributed by atoms with E-state index in [1.807, 2.05) is 19.1 Å². The number of rotatable bonds is 5. The van der Waals surface area contributed by atoms with Gasteiger partial charge in [0.1, 0.15) is 6.04 Å². The average molecular weight is 299 g/mol. The summed E-state index contributed by atoms with van der Waals surface area (Å²) in [5.41, 5.74) is 1.50. The molecular weight excluding hydrogens is 275 g/mol. The summed E-state index contributed by atoms with van der Waals surface area (Å²) in [4.78, 5) is 0. The highest BCUT2D eigenvalue weighted by Gasteiger charge is 2.40. The summed E-state index contributed by atoms with van der Waals surface area (Å²) in [6.45, 7) is 2.24. The first-order valence-electron chi connectivity index (χ1n) is 7.92. The summed E-state index contributed by atoms with van der Waals surface area (Å²) in [7, 11) is 0. The van der Waals surface area contributed by atoms with Gasteiger partial charge in [0.25, 0.3) is 0 Å². The van der Waals surface area contributed by atoms with Crippen molar-refractivity contribution >= 4 is 0 Å². The molecule has 0 spiro atoms. The van der Waals surface area contributed by atoms with Gasteiger partial charge in [-0.25, -0.2) is 0 Å². The maximum Gasteiger partial charge on any atom is 0.407 e. The highest BCUT2D eigenvalue weighted by atomic mass is 19.4. The molecular formula is C17H24F3N. The molecule has 0 saturated heterocycles. The third-order valence-corrected chi connectivity index (χ3v) is 4.27. The standard InChI is InChI=1S/C17H24F3N/c1-2-12-21-16(17(18,19)20)15-10-8-14(9-11-15)13-6-4-3-5-7-13/h8-11,13,16,21H,2-7,12H2,1H3. The molecule has 1 nitrogen and oxygen atoms in total. The second kappa shape index (κ2) is 7.30. The van der Waals surface area contributed by atoms with Crippen LogP contribution in [0.2, 0.25) is 0 Å². The van der Waals surface area contributed by atoms with Crippen molar-refractivity contribution in [3.05, 3.63) is 35.4 Å². The minimum atomic E-state index is -4.25. The van der Waals surface area contributed by atoms with Crippen LogP contribution in [-0.2, 0) is 0 Å². The topological polar surface area (TPSA) is 12.0 Å². The minimum absolute atomic E-state index is 0.315. The second-order valence-electron chi connectivity index (χ2n) is 5.93. The van der Waals surface area contributed by atoms with E-state index in [0.717, 1.165) is 12.8 Å². The van der Waals surface area contributed by atoms with E-state index in [-0.39, 0.29) is 0 Å². The van der Waals surface area contributed by atoms with Crippen molar-refractivity contribution in [1.29, 1.82) is 0 Å². The Morgan fingerprint density at radius 3 is 2.24 bits per heavy atom. The summed E-state index contributed by atoms with van der Waals surface area (Å²) < 4.78 is 39.4. The fourth-order valence-corrected chi connectivity index (χ4v) is 3.11. The van der Waals surface area contributed by atoms with Gasteiger partial charge in [0.05, 0.1) is 0 Å². The van der Waals surface area contributed by atoms with E-state index >= 15 is 0 Å². The molecule has 0 bridgehead atoms. The Morgan fingerprint density at radius 1 is 1.10 bits per heavy atom. The molecule has 0 aliphatic heterocycles. The van der Waals surface area contributed by atoms with Crippen molar-refractivity contribution in [3.8, 4) is 0 Å². The van der Waals surface area contributed by atoms with Gasteiger partial charge < -0.3 is 5.32 Å². The molecule has 118 valence electrons. The van der Waals surface area contributed by atoms with Crippen LogP contribution >= 0.6 is 0 Å². The predicted molar refractivity (Wildman–Crippen MR) is 79.4 cm³/mol. The molecule has 1 atom stereocenters. The smallest absolute Gasteiger partial charge is 0.302 e. The van der Waals surface area contributed by atoms with E-state index in [9.17, 15) is 13.2 Å². The van der Waals surface area contributed by atoms with Crippen LogP contribution < -0.4 is 5.32 Å². The van der Waals surface area contributed by atoms with Crippen molar-refractivity contribution in [3.63, 3.8) is 0 Å². The van der Waals surface area contributed by atoms with Gasteiger partial charge in [0, 0.05) is 0 Å². The monoisotopic (exact) mass is 299 g/mol. The van der Waals surface area contributed by atoms with E-state index in [4.69, 9.17) is 0 Å². The normalized spacial score (nSPS) is 18.7. The number of hydrogen-bond donors (Lipinski definition) is 1. The fourth-order valence-electron chi connectivity index (χ4n) is 3.11.